The third kappa shape index (κ3) is 1.61. The molecule has 0 bridgehead atoms. The number of rotatable bonds is 1. The van der Waals surface area contributed by atoms with Gasteiger partial charge >= 0.3 is 0 Å². The van der Waals surface area contributed by atoms with Gasteiger partial charge in [0.1, 0.15) is 0 Å². The molecule has 2 aromatic rings. The monoisotopic (exact) mass is 210 g/mol. The molecule has 80 valence electrons. The first-order valence-electron chi connectivity index (χ1n) is 5.68. The van der Waals surface area contributed by atoms with E-state index in [1.54, 1.807) is 0 Å². The van der Waals surface area contributed by atoms with Crippen molar-refractivity contribution < 1.29 is 0 Å². The van der Waals surface area contributed by atoms with E-state index in [0.717, 1.165) is 19.5 Å². The van der Waals surface area contributed by atoms with Gasteiger partial charge in [-0.25, -0.2) is 0 Å². The van der Waals surface area contributed by atoms with Crippen LogP contribution in [0.5, 0.6) is 0 Å². The number of nitrogens with one attached hydrogen (secondary N) is 1. The van der Waals surface area contributed by atoms with E-state index in [9.17, 15) is 0 Å². The average molecular weight is 210 g/mol. The van der Waals surface area contributed by atoms with Crippen molar-refractivity contribution in [3.63, 3.8) is 0 Å². The van der Waals surface area contributed by atoms with E-state index in [4.69, 9.17) is 0 Å². The Hall–Kier alpha value is -1.67. The molecule has 0 saturated heterocycles. The zero-order chi connectivity index (χ0) is 10.8. The maximum absolute atomic E-state index is 4.23. The summed E-state index contributed by atoms with van der Waals surface area (Å²) in [7, 11) is 0. The SMILES string of the molecule is C1=C(c2cccc3ccncc23)CCNC1. The minimum Gasteiger partial charge on any atom is -0.313 e. The third-order valence-corrected chi connectivity index (χ3v) is 3.09. The van der Waals surface area contributed by atoms with E-state index < -0.39 is 0 Å². The number of hydrogen-bond donors (Lipinski definition) is 1. The van der Waals surface area contributed by atoms with Crippen molar-refractivity contribution in [1.29, 1.82) is 0 Å². The third-order valence-electron chi connectivity index (χ3n) is 3.09. The van der Waals surface area contributed by atoms with E-state index >= 15 is 0 Å². The Kier molecular flexibility index (Phi) is 2.43. The molecular formula is C14H14N2. The van der Waals surface area contributed by atoms with Crippen molar-refractivity contribution in [1.82, 2.24) is 10.3 Å². The second-order valence-electron chi connectivity index (χ2n) is 4.09. The van der Waals surface area contributed by atoms with Gasteiger partial charge in [-0.05, 0) is 35.6 Å². The first-order chi connectivity index (χ1) is 7.95. The Balaban J connectivity index is 2.19. The normalized spacial score (nSPS) is 16.1. The van der Waals surface area contributed by atoms with Gasteiger partial charge in [0.25, 0.3) is 0 Å². The Labute approximate surface area is 95.0 Å². The van der Waals surface area contributed by atoms with Crippen LogP contribution in [0.1, 0.15) is 12.0 Å². The summed E-state index contributed by atoms with van der Waals surface area (Å²) in [6, 6.07) is 8.53. The molecule has 0 aliphatic carbocycles. The minimum atomic E-state index is 0.978. The summed E-state index contributed by atoms with van der Waals surface area (Å²) in [6.07, 6.45) is 7.20. The predicted octanol–water partition coefficient (Wildman–Crippen LogP) is 2.61. The summed E-state index contributed by atoms with van der Waals surface area (Å²) < 4.78 is 0. The number of pyridine rings is 1. The fourth-order valence-electron chi connectivity index (χ4n) is 2.26. The Bertz CT molecular complexity index is 538. The lowest BCUT2D eigenvalue weighted by atomic mass is 9.96. The molecule has 1 aliphatic heterocycles. The van der Waals surface area contributed by atoms with Crippen LogP contribution in [0.3, 0.4) is 0 Å². The molecular weight excluding hydrogens is 196 g/mol. The summed E-state index contributed by atoms with van der Waals surface area (Å²) in [4.78, 5) is 4.23. The highest BCUT2D eigenvalue weighted by Crippen LogP contribution is 2.27. The predicted molar refractivity (Wildman–Crippen MR) is 67.2 cm³/mol. The smallest absolute Gasteiger partial charge is 0.0352 e. The summed E-state index contributed by atoms with van der Waals surface area (Å²) in [5.74, 6) is 0. The second kappa shape index (κ2) is 4.06. The summed E-state index contributed by atoms with van der Waals surface area (Å²) in [5, 5.41) is 5.87. The molecule has 0 atom stereocenters. The molecule has 1 aliphatic rings. The number of benzene rings is 1. The maximum atomic E-state index is 4.23. The highest BCUT2D eigenvalue weighted by atomic mass is 14.8. The molecule has 2 nitrogen and oxygen atoms in total. The average Bonchev–Trinajstić information content (AvgIpc) is 2.39. The maximum Gasteiger partial charge on any atom is 0.0352 e. The number of hydrogen-bond acceptors (Lipinski definition) is 2. The zero-order valence-corrected chi connectivity index (χ0v) is 9.11. The van der Waals surface area contributed by atoms with Crippen molar-refractivity contribution in [2.75, 3.05) is 13.1 Å². The van der Waals surface area contributed by atoms with E-state index in [0.29, 0.717) is 0 Å². The van der Waals surface area contributed by atoms with E-state index in [1.165, 1.54) is 21.9 Å². The highest BCUT2D eigenvalue weighted by Gasteiger charge is 2.08. The fraction of sp³-hybridized carbons (Fsp3) is 0.214. The Morgan fingerprint density at radius 3 is 3.06 bits per heavy atom. The van der Waals surface area contributed by atoms with Gasteiger partial charge in [-0.2, -0.15) is 0 Å². The van der Waals surface area contributed by atoms with Crippen LogP contribution in [0.25, 0.3) is 16.3 Å². The molecule has 2 heterocycles. The van der Waals surface area contributed by atoms with Gasteiger partial charge in [-0.3, -0.25) is 4.98 Å². The molecule has 0 fully saturated rings. The molecule has 16 heavy (non-hydrogen) atoms. The topological polar surface area (TPSA) is 24.9 Å². The quantitative estimate of drug-likeness (QED) is 0.782. The lowest BCUT2D eigenvalue weighted by molar-refractivity contribution is 0.739. The van der Waals surface area contributed by atoms with Crippen molar-refractivity contribution in [3.05, 3.63) is 48.3 Å². The van der Waals surface area contributed by atoms with Crippen molar-refractivity contribution in [2.45, 2.75) is 6.42 Å². The summed E-state index contributed by atoms with van der Waals surface area (Å²) in [6.45, 7) is 2.05. The van der Waals surface area contributed by atoms with Gasteiger partial charge in [0.2, 0.25) is 0 Å². The van der Waals surface area contributed by atoms with E-state index in [-0.39, 0.29) is 0 Å². The lowest BCUT2D eigenvalue weighted by Gasteiger charge is -2.15. The standard InChI is InChI=1S/C14H14N2/c1-2-11-6-9-16-10-14(11)13(3-1)12-4-7-15-8-5-12/h1-4,6,9-10,15H,5,7-8H2. The van der Waals surface area contributed by atoms with E-state index in [1.807, 2.05) is 12.4 Å². The molecule has 1 N–H and O–H groups in total. The number of aromatic nitrogens is 1. The first kappa shape index (κ1) is 9.55. The van der Waals surface area contributed by atoms with Gasteiger partial charge in [-0.1, -0.05) is 24.3 Å². The van der Waals surface area contributed by atoms with Gasteiger partial charge in [-0.15, -0.1) is 0 Å². The summed E-state index contributed by atoms with van der Waals surface area (Å²) in [5.41, 5.74) is 2.78. The van der Waals surface area contributed by atoms with Crippen LogP contribution < -0.4 is 5.32 Å². The largest absolute Gasteiger partial charge is 0.313 e. The van der Waals surface area contributed by atoms with Gasteiger partial charge in [0.05, 0.1) is 0 Å². The molecule has 0 radical (unpaired) electrons. The molecule has 1 aromatic carbocycles. The molecule has 3 rings (SSSR count). The summed E-state index contributed by atoms with van der Waals surface area (Å²) >= 11 is 0. The van der Waals surface area contributed by atoms with Crippen LogP contribution in [0.4, 0.5) is 0 Å². The molecule has 0 spiro atoms. The number of fused-ring (bicyclic) bond motifs is 1. The van der Waals surface area contributed by atoms with Crippen molar-refractivity contribution >= 4 is 16.3 Å². The first-order valence-corrected chi connectivity index (χ1v) is 5.68. The zero-order valence-electron chi connectivity index (χ0n) is 9.11. The van der Waals surface area contributed by atoms with Crippen LogP contribution >= 0.6 is 0 Å². The number of nitrogens with zero attached hydrogens (tertiary/aromatic N) is 1. The van der Waals surface area contributed by atoms with Gasteiger partial charge < -0.3 is 5.32 Å². The van der Waals surface area contributed by atoms with Crippen LogP contribution in [0.15, 0.2) is 42.7 Å². The van der Waals surface area contributed by atoms with Crippen molar-refractivity contribution in [3.8, 4) is 0 Å². The molecule has 2 heteroatoms. The van der Waals surface area contributed by atoms with Crippen LogP contribution in [0.2, 0.25) is 0 Å². The Morgan fingerprint density at radius 2 is 2.19 bits per heavy atom. The Morgan fingerprint density at radius 1 is 1.19 bits per heavy atom. The van der Waals surface area contributed by atoms with Gasteiger partial charge in [0.15, 0.2) is 0 Å². The van der Waals surface area contributed by atoms with Crippen molar-refractivity contribution in [2.24, 2.45) is 0 Å². The van der Waals surface area contributed by atoms with Crippen LogP contribution in [0, 0.1) is 0 Å². The molecule has 0 saturated carbocycles. The second-order valence-corrected chi connectivity index (χ2v) is 4.09. The fourth-order valence-corrected chi connectivity index (χ4v) is 2.26. The van der Waals surface area contributed by atoms with Crippen LogP contribution in [-0.2, 0) is 0 Å². The lowest BCUT2D eigenvalue weighted by Crippen LogP contribution is -2.20. The molecule has 1 aromatic heterocycles. The minimum absolute atomic E-state index is 0.978. The van der Waals surface area contributed by atoms with Crippen LogP contribution in [-0.4, -0.2) is 18.1 Å². The highest BCUT2D eigenvalue weighted by molar-refractivity contribution is 5.93. The van der Waals surface area contributed by atoms with Gasteiger partial charge in [0, 0.05) is 24.3 Å². The molecule has 0 unspecified atom stereocenters. The molecule has 0 amide bonds. The van der Waals surface area contributed by atoms with E-state index in [2.05, 4.69) is 40.6 Å².